The number of ketones is 1. The molecular formula is C13H12N2O2. The second-order valence-corrected chi connectivity index (χ2v) is 3.57. The summed E-state index contributed by atoms with van der Waals surface area (Å²) in [5, 5.41) is 0. The van der Waals surface area contributed by atoms with Gasteiger partial charge < -0.3 is 4.74 Å². The summed E-state index contributed by atoms with van der Waals surface area (Å²) >= 11 is 0. The van der Waals surface area contributed by atoms with Gasteiger partial charge in [0.15, 0.2) is 5.78 Å². The Kier molecular flexibility index (Phi) is 3.14. The van der Waals surface area contributed by atoms with Crippen molar-refractivity contribution in [1.29, 1.82) is 0 Å². The third-order valence-corrected chi connectivity index (χ3v) is 2.38. The van der Waals surface area contributed by atoms with E-state index in [1.165, 1.54) is 7.11 Å². The molecule has 4 heteroatoms. The summed E-state index contributed by atoms with van der Waals surface area (Å²) in [6.07, 6.45) is 1.63. The van der Waals surface area contributed by atoms with E-state index in [2.05, 4.69) is 9.97 Å². The Labute approximate surface area is 99.3 Å². The molecule has 4 nitrogen and oxygen atoms in total. The maximum Gasteiger partial charge on any atom is 0.316 e. The molecule has 0 unspecified atom stereocenters. The lowest BCUT2D eigenvalue weighted by molar-refractivity contribution is 0.101. The van der Waals surface area contributed by atoms with Crippen LogP contribution in [0.3, 0.4) is 0 Å². The molecule has 2 aromatic rings. The molecule has 2 rings (SSSR count). The smallest absolute Gasteiger partial charge is 0.316 e. The lowest BCUT2D eigenvalue weighted by Crippen LogP contribution is -1.95. The minimum Gasteiger partial charge on any atom is -0.467 e. The minimum atomic E-state index is 0.0351. The molecule has 0 bridgehead atoms. The van der Waals surface area contributed by atoms with Gasteiger partial charge in [0.05, 0.1) is 12.8 Å². The van der Waals surface area contributed by atoms with Crippen LogP contribution in [0.5, 0.6) is 6.01 Å². The first kappa shape index (κ1) is 11.3. The SMILES string of the molecule is COc1nccc(-c2cccc(C(C)=O)c2)n1. The molecule has 0 aliphatic carbocycles. The predicted molar refractivity (Wildman–Crippen MR) is 64.0 cm³/mol. The van der Waals surface area contributed by atoms with E-state index >= 15 is 0 Å². The van der Waals surface area contributed by atoms with Gasteiger partial charge in [-0.05, 0) is 19.1 Å². The molecule has 0 aliphatic heterocycles. The lowest BCUT2D eigenvalue weighted by Gasteiger charge is -2.04. The van der Waals surface area contributed by atoms with Gasteiger partial charge in [0.25, 0.3) is 0 Å². The highest BCUT2D eigenvalue weighted by molar-refractivity contribution is 5.95. The first-order valence-corrected chi connectivity index (χ1v) is 5.19. The van der Waals surface area contributed by atoms with Gasteiger partial charge in [0.2, 0.25) is 0 Å². The van der Waals surface area contributed by atoms with Crippen molar-refractivity contribution < 1.29 is 9.53 Å². The molecule has 1 aromatic heterocycles. The number of ether oxygens (including phenoxy) is 1. The van der Waals surface area contributed by atoms with Crippen molar-refractivity contribution in [2.75, 3.05) is 7.11 Å². The zero-order valence-electron chi connectivity index (χ0n) is 9.68. The van der Waals surface area contributed by atoms with E-state index < -0.39 is 0 Å². The first-order chi connectivity index (χ1) is 8.20. The average molecular weight is 228 g/mol. The maximum absolute atomic E-state index is 11.3. The third kappa shape index (κ3) is 2.47. The average Bonchev–Trinajstić information content (AvgIpc) is 2.39. The Morgan fingerprint density at radius 2 is 2.12 bits per heavy atom. The zero-order chi connectivity index (χ0) is 12.3. The van der Waals surface area contributed by atoms with Crippen molar-refractivity contribution in [3.05, 3.63) is 42.1 Å². The predicted octanol–water partition coefficient (Wildman–Crippen LogP) is 2.35. The van der Waals surface area contributed by atoms with E-state index in [1.54, 1.807) is 25.3 Å². The third-order valence-electron chi connectivity index (χ3n) is 2.38. The topological polar surface area (TPSA) is 52.1 Å². The summed E-state index contributed by atoms with van der Waals surface area (Å²) in [7, 11) is 1.52. The van der Waals surface area contributed by atoms with Crippen LogP contribution in [0.2, 0.25) is 0 Å². The van der Waals surface area contributed by atoms with Crippen LogP contribution in [0.25, 0.3) is 11.3 Å². The van der Waals surface area contributed by atoms with Crippen molar-refractivity contribution in [3.63, 3.8) is 0 Å². The molecule has 0 N–H and O–H groups in total. The summed E-state index contributed by atoms with van der Waals surface area (Å²) < 4.78 is 4.96. The van der Waals surface area contributed by atoms with Crippen molar-refractivity contribution in [1.82, 2.24) is 9.97 Å². The fourth-order valence-corrected chi connectivity index (χ4v) is 1.50. The molecule has 0 aliphatic rings. The summed E-state index contributed by atoms with van der Waals surface area (Å²) in [6, 6.07) is 9.42. The van der Waals surface area contributed by atoms with Gasteiger partial charge >= 0.3 is 6.01 Å². The number of carbonyl (C=O) groups excluding carboxylic acids is 1. The number of carbonyl (C=O) groups is 1. The van der Waals surface area contributed by atoms with Crippen LogP contribution in [0, 0.1) is 0 Å². The Morgan fingerprint density at radius 3 is 2.82 bits per heavy atom. The van der Waals surface area contributed by atoms with Crippen LogP contribution < -0.4 is 4.74 Å². The van der Waals surface area contributed by atoms with Gasteiger partial charge in [0, 0.05) is 17.3 Å². The van der Waals surface area contributed by atoms with Gasteiger partial charge in [-0.3, -0.25) is 4.79 Å². The fourth-order valence-electron chi connectivity index (χ4n) is 1.50. The molecule has 0 radical (unpaired) electrons. The molecule has 0 fully saturated rings. The maximum atomic E-state index is 11.3. The van der Waals surface area contributed by atoms with Gasteiger partial charge in [-0.25, -0.2) is 4.98 Å². The standard InChI is InChI=1S/C13H12N2O2/c1-9(16)10-4-3-5-11(8-10)12-6-7-14-13(15-12)17-2/h3-8H,1-2H3. The van der Waals surface area contributed by atoms with E-state index in [9.17, 15) is 4.79 Å². The van der Waals surface area contributed by atoms with Crippen molar-refractivity contribution >= 4 is 5.78 Å². The van der Waals surface area contributed by atoms with E-state index in [4.69, 9.17) is 4.74 Å². The van der Waals surface area contributed by atoms with E-state index in [-0.39, 0.29) is 5.78 Å². The van der Waals surface area contributed by atoms with Crippen LogP contribution in [-0.4, -0.2) is 22.9 Å². The second-order valence-electron chi connectivity index (χ2n) is 3.57. The summed E-state index contributed by atoms with van der Waals surface area (Å²) in [5.74, 6) is 0.0351. The Morgan fingerprint density at radius 1 is 1.29 bits per heavy atom. The summed E-state index contributed by atoms with van der Waals surface area (Å²) in [6.45, 7) is 1.54. The molecule has 0 atom stereocenters. The normalized spacial score (nSPS) is 10.0. The van der Waals surface area contributed by atoms with Crippen molar-refractivity contribution in [2.45, 2.75) is 6.92 Å². The van der Waals surface area contributed by atoms with Gasteiger partial charge in [-0.15, -0.1) is 0 Å². The molecule has 0 amide bonds. The molecule has 86 valence electrons. The van der Waals surface area contributed by atoms with Gasteiger partial charge in [-0.2, -0.15) is 4.98 Å². The monoisotopic (exact) mass is 228 g/mol. The summed E-state index contributed by atoms with van der Waals surface area (Å²) in [4.78, 5) is 19.5. The largest absolute Gasteiger partial charge is 0.467 e. The number of nitrogens with zero attached hydrogens (tertiary/aromatic N) is 2. The molecule has 0 saturated heterocycles. The number of rotatable bonds is 3. The highest BCUT2D eigenvalue weighted by atomic mass is 16.5. The number of Topliss-reactive ketones (excluding diaryl/α,β-unsaturated/α-hetero) is 1. The van der Waals surface area contributed by atoms with Gasteiger partial charge in [-0.1, -0.05) is 18.2 Å². The number of aromatic nitrogens is 2. The number of methoxy groups -OCH3 is 1. The number of hydrogen-bond donors (Lipinski definition) is 0. The molecular weight excluding hydrogens is 216 g/mol. The number of benzene rings is 1. The highest BCUT2D eigenvalue weighted by Gasteiger charge is 2.05. The molecule has 17 heavy (non-hydrogen) atoms. The van der Waals surface area contributed by atoms with Crippen LogP contribution in [0.4, 0.5) is 0 Å². The molecule has 1 aromatic carbocycles. The van der Waals surface area contributed by atoms with Crippen molar-refractivity contribution in [3.8, 4) is 17.3 Å². The summed E-state index contributed by atoms with van der Waals surface area (Å²) in [5.41, 5.74) is 2.28. The molecule has 0 saturated carbocycles. The van der Waals surface area contributed by atoms with Crippen LogP contribution in [0.1, 0.15) is 17.3 Å². The van der Waals surface area contributed by atoms with Crippen LogP contribution in [-0.2, 0) is 0 Å². The Hall–Kier alpha value is -2.23. The lowest BCUT2D eigenvalue weighted by atomic mass is 10.1. The fraction of sp³-hybridized carbons (Fsp3) is 0.154. The van der Waals surface area contributed by atoms with Crippen LogP contribution >= 0.6 is 0 Å². The zero-order valence-corrected chi connectivity index (χ0v) is 9.68. The Bertz CT molecular complexity index is 553. The highest BCUT2D eigenvalue weighted by Crippen LogP contribution is 2.19. The van der Waals surface area contributed by atoms with Crippen LogP contribution in [0.15, 0.2) is 36.5 Å². The van der Waals surface area contributed by atoms with E-state index in [0.29, 0.717) is 11.6 Å². The Balaban J connectivity index is 2.45. The second kappa shape index (κ2) is 4.74. The first-order valence-electron chi connectivity index (χ1n) is 5.19. The minimum absolute atomic E-state index is 0.0351. The number of hydrogen-bond acceptors (Lipinski definition) is 4. The quantitative estimate of drug-likeness (QED) is 0.757. The van der Waals surface area contributed by atoms with Crippen molar-refractivity contribution in [2.24, 2.45) is 0 Å². The van der Waals surface area contributed by atoms with E-state index in [0.717, 1.165) is 11.3 Å². The van der Waals surface area contributed by atoms with E-state index in [1.807, 2.05) is 18.2 Å². The molecule has 1 heterocycles. The van der Waals surface area contributed by atoms with Gasteiger partial charge in [0.1, 0.15) is 0 Å². The molecule has 0 spiro atoms.